The van der Waals surface area contributed by atoms with Crippen molar-refractivity contribution in [3.05, 3.63) is 24.3 Å². The van der Waals surface area contributed by atoms with Crippen LogP contribution in [0, 0.1) is 0 Å². The Morgan fingerprint density at radius 2 is 1.94 bits per heavy atom. The standard InChI is InChI=1S/C13H23N3O/c1-5-13(4,17-7-3)12(16-6-2)11-8-14-10-15-9-11/h8-10,12,16H,5-7H2,1-4H3. The van der Waals surface area contributed by atoms with E-state index >= 15 is 0 Å². The molecule has 0 aliphatic rings. The first-order chi connectivity index (χ1) is 8.18. The highest BCUT2D eigenvalue weighted by Crippen LogP contribution is 2.31. The summed E-state index contributed by atoms with van der Waals surface area (Å²) < 4.78 is 5.93. The third-order valence-corrected chi connectivity index (χ3v) is 3.11. The van der Waals surface area contributed by atoms with Crippen LogP contribution in [0.4, 0.5) is 0 Å². The molecule has 0 spiro atoms. The van der Waals surface area contributed by atoms with E-state index in [2.05, 4.69) is 36.1 Å². The summed E-state index contributed by atoms with van der Waals surface area (Å²) in [5, 5.41) is 3.47. The van der Waals surface area contributed by atoms with E-state index in [1.807, 2.05) is 19.3 Å². The van der Waals surface area contributed by atoms with Crippen molar-refractivity contribution >= 4 is 0 Å². The van der Waals surface area contributed by atoms with E-state index in [-0.39, 0.29) is 11.6 Å². The lowest BCUT2D eigenvalue weighted by Gasteiger charge is -2.37. The maximum Gasteiger partial charge on any atom is 0.115 e. The Morgan fingerprint density at radius 1 is 1.29 bits per heavy atom. The highest BCUT2D eigenvalue weighted by Gasteiger charge is 2.34. The van der Waals surface area contributed by atoms with Gasteiger partial charge in [0.15, 0.2) is 0 Å². The second-order valence-corrected chi connectivity index (χ2v) is 4.26. The number of hydrogen-bond acceptors (Lipinski definition) is 4. The van der Waals surface area contributed by atoms with Gasteiger partial charge >= 0.3 is 0 Å². The number of aromatic nitrogens is 2. The molecule has 2 unspecified atom stereocenters. The lowest BCUT2D eigenvalue weighted by atomic mass is 9.89. The number of nitrogens with one attached hydrogen (secondary N) is 1. The van der Waals surface area contributed by atoms with Gasteiger partial charge in [-0.05, 0) is 26.8 Å². The topological polar surface area (TPSA) is 47.0 Å². The Labute approximate surface area is 104 Å². The normalized spacial score (nSPS) is 16.5. The quantitative estimate of drug-likeness (QED) is 0.790. The molecule has 2 atom stereocenters. The first-order valence-corrected chi connectivity index (χ1v) is 6.30. The van der Waals surface area contributed by atoms with E-state index in [1.54, 1.807) is 6.33 Å². The molecule has 1 heterocycles. The van der Waals surface area contributed by atoms with E-state index in [9.17, 15) is 0 Å². The molecule has 0 aromatic carbocycles. The summed E-state index contributed by atoms with van der Waals surface area (Å²) in [6.07, 6.45) is 6.20. The Hall–Kier alpha value is -1.00. The summed E-state index contributed by atoms with van der Waals surface area (Å²) in [6, 6.07) is 0.124. The molecule has 17 heavy (non-hydrogen) atoms. The average molecular weight is 237 g/mol. The van der Waals surface area contributed by atoms with Crippen LogP contribution in [0.25, 0.3) is 0 Å². The lowest BCUT2D eigenvalue weighted by molar-refractivity contribution is -0.0561. The second kappa shape index (κ2) is 6.67. The fourth-order valence-corrected chi connectivity index (χ4v) is 2.07. The molecule has 4 heteroatoms. The molecular formula is C13H23N3O. The van der Waals surface area contributed by atoms with E-state index in [1.165, 1.54) is 0 Å². The molecule has 4 nitrogen and oxygen atoms in total. The predicted octanol–water partition coefficient (Wildman–Crippen LogP) is 2.33. The van der Waals surface area contributed by atoms with Gasteiger partial charge in [-0.25, -0.2) is 9.97 Å². The van der Waals surface area contributed by atoms with E-state index in [4.69, 9.17) is 4.74 Å². The summed E-state index contributed by atoms with van der Waals surface area (Å²) in [6.45, 7) is 10.0. The van der Waals surface area contributed by atoms with Crippen molar-refractivity contribution in [1.29, 1.82) is 0 Å². The van der Waals surface area contributed by atoms with Crippen LogP contribution in [0.15, 0.2) is 18.7 Å². The highest BCUT2D eigenvalue weighted by atomic mass is 16.5. The Kier molecular flexibility index (Phi) is 5.51. The number of hydrogen-bond donors (Lipinski definition) is 1. The smallest absolute Gasteiger partial charge is 0.115 e. The summed E-state index contributed by atoms with van der Waals surface area (Å²) in [5.74, 6) is 0. The number of nitrogens with zero attached hydrogens (tertiary/aromatic N) is 2. The van der Waals surface area contributed by atoms with Crippen LogP contribution in [0.2, 0.25) is 0 Å². The van der Waals surface area contributed by atoms with Gasteiger partial charge in [0.25, 0.3) is 0 Å². The largest absolute Gasteiger partial charge is 0.374 e. The Morgan fingerprint density at radius 3 is 2.41 bits per heavy atom. The summed E-state index contributed by atoms with van der Waals surface area (Å²) in [4.78, 5) is 8.18. The average Bonchev–Trinajstić information content (AvgIpc) is 2.37. The Bertz CT molecular complexity index is 318. The molecular weight excluding hydrogens is 214 g/mol. The molecule has 0 bridgehead atoms. The van der Waals surface area contributed by atoms with Gasteiger partial charge in [-0.2, -0.15) is 0 Å². The molecule has 1 rings (SSSR count). The van der Waals surface area contributed by atoms with Crippen LogP contribution >= 0.6 is 0 Å². The molecule has 0 radical (unpaired) electrons. The second-order valence-electron chi connectivity index (χ2n) is 4.26. The molecule has 96 valence electrons. The predicted molar refractivity (Wildman–Crippen MR) is 68.8 cm³/mol. The van der Waals surface area contributed by atoms with Crippen LogP contribution < -0.4 is 5.32 Å². The first kappa shape index (κ1) is 14.1. The van der Waals surface area contributed by atoms with E-state index in [0.717, 1.165) is 18.5 Å². The fourth-order valence-electron chi connectivity index (χ4n) is 2.07. The number of likely N-dealkylation sites (N-methyl/N-ethyl adjacent to an activating group) is 1. The van der Waals surface area contributed by atoms with Gasteiger partial charge in [0, 0.05) is 24.6 Å². The van der Waals surface area contributed by atoms with Gasteiger partial charge in [0.2, 0.25) is 0 Å². The highest BCUT2D eigenvalue weighted by molar-refractivity contribution is 5.14. The van der Waals surface area contributed by atoms with Crippen LogP contribution in [-0.4, -0.2) is 28.7 Å². The van der Waals surface area contributed by atoms with Crippen molar-refractivity contribution in [3.63, 3.8) is 0 Å². The van der Waals surface area contributed by atoms with Gasteiger partial charge < -0.3 is 10.1 Å². The summed E-state index contributed by atoms with van der Waals surface area (Å²) in [5.41, 5.74) is 0.849. The lowest BCUT2D eigenvalue weighted by Crippen LogP contribution is -2.43. The van der Waals surface area contributed by atoms with E-state index < -0.39 is 0 Å². The van der Waals surface area contributed by atoms with Crippen LogP contribution in [-0.2, 0) is 4.74 Å². The maximum absolute atomic E-state index is 5.93. The molecule has 1 N–H and O–H groups in total. The monoisotopic (exact) mass is 237 g/mol. The molecule has 0 saturated heterocycles. The molecule has 1 aromatic rings. The molecule has 0 amide bonds. The van der Waals surface area contributed by atoms with Crippen molar-refractivity contribution in [2.24, 2.45) is 0 Å². The Balaban J connectivity index is 2.98. The van der Waals surface area contributed by atoms with Gasteiger partial charge in [-0.15, -0.1) is 0 Å². The van der Waals surface area contributed by atoms with Crippen LogP contribution in [0.3, 0.4) is 0 Å². The zero-order valence-electron chi connectivity index (χ0n) is 11.2. The molecule has 0 aliphatic carbocycles. The fraction of sp³-hybridized carbons (Fsp3) is 0.692. The minimum atomic E-state index is -0.227. The third-order valence-electron chi connectivity index (χ3n) is 3.11. The molecule has 0 fully saturated rings. The number of ether oxygens (including phenoxy) is 1. The van der Waals surface area contributed by atoms with Crippen molar-refractivity contribution in [2.45, 2.75) is 45.8 Å². The molecule has 0 aliphatic heterocycles. The molecule has 0 saturated carbocycles. The molecule has 1 aromatic heterocycles. The van der Waals surface area contributed by atoms with Crippen LogP contribution in [0.1, 0.15) is 45.7 Å². The first-order valence-electron chi connectivity index (χ1n) is 6.30. The van der Waals surface area contributed by atoms with E-state index in [0.29, 0.717) is 6.61 Å². The minimum Gasteiger partial charge on any atom is -0.374 e. The summed E-state index contributed by atoms with van der Waals surface area (Å²) >= 11 is 0. The minimum absolute atomic E-state index is 0.124. The summed E-state index contributed by atoms with van der Waals surface area (Å²) in [7, 11) is 0. The van der Waals surface area contributed by atoms with Gasteiger partial charge in [0.1, 0.15) is 6.33 Å². The van der Waals surface area contributed by atoms with Crippen molar-refractivity contribution in [2.75, 3.05) is 13.2 Å². The van der Waals surface area contributed by atoms with Gasteiger partial charge in [-0.3, -0.25) is 0 Å². The van der Waals surface area contributed by atoms with Crippen molar-refractivity contribution in [1.82, 2.24) is 15.3 Å². The van der Waals surface area contributed by atoms with Gasteiger partial charge in [-0.1, -0.05) is 13.8 Å². The van der Waals surface area contributed by atoms with Crippen molar-refractivity contribution < 1.29 is 4.74 Å². The third kappa shape index (κ3) is 3.48. The SMILES string of the molecule is CCNC(c1cncnc1)C(C)(CC)OCC. The maximum atomic E-state index is 5.93. The van der Waals surface area contributed by atoms with Gasteiger partial charge in [0.05, 0.1) is 11.6 Å². The van der Waals surface area contributed by atoms with Crippen LogP contribution in [0.5, 0.6) is 0 Å². The number of rotatable bonds is 7. The van der Waals surface area contributed by atoms with Crippen molar-refractivity contribution in [3.8, 4) is 0 Å². The zero-order valence-corrected chi connectivity index (χ0v) is 11.2. The zero-order chi connectivity index (χ0) is 12.7.